The number of hydrogen-bond donors (Lipinski definition) is 13. The summed E-state index contributed by atoms with van der Waals surface area (Å²) in [6.45, 7) is 13.3. The highest BCUT2D eigenvalue weighted by Gasteiger charge is 2.51. The van der Waals surface area contributed by atoms with Gasteiger partial charge in [-0.25, -0.2) is 14.2 Å². The topological polar surface area (TPSA) is 463 Å². The average Bonchev–Trinajstić information content (AvgIpc) is 1.65. The molecule has 14 rings (SSSR count). The molecule has 2 aromatic heterocycles. The molecular formula is C87H109N17O17. The van der Waals surface area contributed by atoms with Crippen molar-refractivity contribution in [1.82, 2.24) is 87.6 Å². The number of carbonyl (C=O) groups excluding carboxylic acids is 9. The Bertz CT molecular complexity index is 5050. The molecule has 6 aromatic carbocycles. The lowest BCUT2D eigenvalue weighted by Crippen LogP contribution is -2.61. The number of nitrogens with zero attached hydrogens (tertiary/aromatic N) is 8. The normalized spacial score (nSPS) is 21.3. The molecule has 14 unspecified atom stereocenters. The Kier molecular flexibility index (Phi) is 29.4. The Morgan fingerprint density at radius 1 is 0.529 bits per heavy atom. The van der Waals surface area contributed by atoms with E-state index in [1.54, 1.807) is 143 Å². The molecule has 8 bridgehead atoms. The van der Waals surface area contributed by atoms with Crippen LogP contribution in [0.1, 0.15) is 133 Å². The summed E-state index contributed by atoms with van der Waals surface area (Å²) in [7, 11) is 3.20. The van der Waals surface area contributed by atoms with Gasteiger partial charge in [0.1, 0.15) is 84.4 Å². The zero-order chi connectivity index (χ0) is 87.1. The monoisotopic (exact) mass is 1660 g/mol. The highest BCUT2D eigenvalue weighted by molar-refractivity contribution is 5.99. The molecule has 0 saturated carbocycles. The van der Waals surface area contributed by atoms with Gasteiger partial charge in [0.15, 0.2) is 0 Å². The number of carboxylic acid groups (broad SMARTS) is 2. The fourth-order valence-corrected chi connectivity index (χ4v) is 15.3. The van der Waals surface area contributed by atoms with Crippen molar-refractivity contribution < 1.29 is 82.6 Å². The van der Waals surface area contributed by atoms with E-state index < -0.39 is 167 Å². The number of aliphatic hydroxyl groups excluding tert-OH is 2. The second-order valence-corrected chi connectivity index (χ2v) is 33.5. The summed E-state index contributed by atoms with van der Waals surface area (Å²) in [4.78, 5) is 162. The zero-order valence-corrected chi connectivity index (χ0v) is 69.5. The summed E-state index contributed by atoms with van der Waals surface area (Å²) in [6.07, 6.45) is -1.06. The molecule has 8 heterocycles. The van der Waals surface area contributed by atoms with Gasteiger partial charge in [0, 0.05) is 45.3 Å². The summed E-state index contributed by atoms with van der Waals surface area (Å²) in [5, 5.41) is 88.5. The van der Waals surface area contributed by atoms with E-state index in [0.29, 0.717) is 33.8 Å². The van der Waals surface area contributed by atoms with Crippen LogP contribution < -0.4 is 57.3 Å². The van der Waals surface area contributed by atoms with Crippen LogP contribution in [0.25, 0.3) is 21.5 Å². The van der Waals surface area contributed by atoms with E-state index in [0.717, 1.165) is 21.5 Å². The van der Waals surface area contributed by atoms with Gasteiger partial charge in [0.2, 0.25) is 53.2 Å². The number of aliphatic hydroxyl groups is 2. The van der Waals surface area contributed by atoms with Crippen molar-refractivity contribution in [2.75, 3.05) is 33.7 Å². The smallest absolute Gasteiger partial charge is 0.326 e. The van der Waals surface area contributed by atoms with Gasteiger partial charge in [-0.1, -0.05) is 161 Å². The molecule has 13 N–H and O–H groups in total. The number of fused-ring (bicyclic) bond motifs is 2. The minimum atomic E-state index is -1.56. The number of aliphatic carboxylic acids is 2. The van der Waals surface area contributed by atoms with Crippen LogP contribution in [-0.4, -0.2) is 232 Å². The Balaban J connectivity index is 0.965. The molecule has 121 heavy (non-hydrogen) atoms. The summed E-state index contributed by atoms with van der Waals surface area (Å²) < 4.78 is 15.4. The third kappa shape index (κ3) is 23.2. The van der Waals surface area contributed by atoms with Crippen molar-refractivity contribution in [2.45, 2.75) is 211 Å². The van der Waals surface area contributed by atoms with Crippen molar-refractivity contribution >= 4 is 86.6 Å². The number of hydrogen-bond acceptors (Lipinski definition) is 21. The first-order valence-electron chi connectivity index (χ1n) is 40.7. The number of rotatable bonds is 21. The first kappa shape index (κ1) is 89.5. The molecule has 34 nitrogen and oxygen atoms in total. The minimum Gasteiger partial charge on any atom is -0.487 e. The third-order valence-electron chi connectivity index (χ3n) is 22.3. The summed E-state index contributed by atoms with van der Waals surface area (Å²) >= 11 is 0. The molecule has 2 saturated heterocycles. The first-order chi connectivity index (χ1) is 57.6. The van der Waals surface area contributed by atoms with Gasteiger partial charge >= 0.3 is 11.9 Å². The van der Waals surface area contributed by atoms with E-state index in [4.69, 9.17) is 9.47 Å². The Morgan fingerprint density at radius 2 is 0.942 bits per heavy atom. The van der Waals surface area contributed by atoms with Gasteiger partial charge in [-0.05, 0) is 133 Å². The first-order valence-corrected chi connectivity index (χ1v) is 40.7. The van der Waals surface area contributed by atoms with Crippen LogP contribution >= 0.6 is 0 Å². The molecule has 34 heteroatoms. The number of likely N-dealkylation sites (N-methyl/N-ethyl adjacent to an activating group) is 2. The van der Waals surface area contributed by atoms with Gasteiger partial charge in [0.05, 0.1) is 55.2 Å². The molecule has 6 aliphatic rings. The summed E-state index contributed by atoms with van der Waals surface area (Å²) in [5.74, 6) is -8.24. The molecule has 14 atom stereocenters. The van der Waals surface area contributed by atoms with Gasteiger partial charge < -0.3 is 87.6 Å². The maximum absolute atomic E-state index is 15.9. The second kappa shape index (κ2) is 39.7. The number of likely N-dealkylation sites (tertiary alicyclic amines) is 2. The van der Waals surface area contributed by atoms with Crippen LogP contribution in [0.5, 0.6) is 11.5 Å². The molecule has 0 radical (unpaired) electrons. The van der Waals surface area contributed by atoms with Crippen molar-refractivity contribution in [1.29, 1.82) is 0 Å². The Morgan fingerprint density at radius 3 is 1.35 bits per heavy atom. The van der Waals surface area contributed by atoms with E-state index in [-0.39, 0.29) is 95.6 Å². The van der Waals surface area contributed by atoms with Crippen molar-refractivity contribution in [2.24, 2.45) is 10.8 Å². The van der Waals surface area contributed by atoms with Crippen molar-refractivity contribution in [3.63, 3.8) is 0 Å². The maximum atomic E-state index is 15.9. The SMILES string of the molecule is CNC(C)C(=O)NC(C(=O)N1CCC2C1C(=O)NC(Cc1ccc3ccccc3c1)C(=O)NC(C(=O)O)Cc1ccc(cc1)OCc1cn(nn1)C1CCN(C(=O)C(NC(=O)C(C)NC)C(C)(C)C)C1C(=O)NC(Cc1ccc3ccccc3c1)C(=O)NC(C(=O)NCCC(O)CC(O)CC(=O)O)Cc1ccc(cc1)OCc1cn2nn1)C(C)(C)C. The van der Waals surface area contributed by atoms with Crippen LogP contribution in [-0.2, 0) is 91.6 Å². The predicted molar refractivity (Wildman–Crippen MR) is 444 cm³/mol. The number of aromatic nitrogens is 6. The lowest BCUT2D eigenvalue weighted by Gasteiger charge is -2.37. The third-order valence-corrected chi connectivity index (χ3v) is 22.3. The van der Waals surface area contributed by atoms with Gasteiger partial charge in [-0.2, -0.15) is 0 Å². The maximum Gasteiger partial charge on any atom is 0.326 e. The molecule has 2 fully saturated rings. The predicted octanol–water partition coefficient (Wildman–Crippen LogP) is 3.30. The Labute approximate surface area is 700 Å². The van der Waals surface area contributed by atoms with Crippen LogP contribution in [0.2, 0.25) is 0 Å². The fraction of sp³-hybridized carbons (Fsp3) is 0.460. The van der Waals surface area contributed by atoms with E-state index in [9.17, 15) is 44.4 Å². The van der Waals surface area contributed by atoms with Gasteiger partial charge in [-0.3, -0.25) is 47.9 Å². The lowest BCUT2D eigenvalue weighted by molar-refractivity contribution is -0.145. The largest absolute Gasteiger partial charge is 0.487 e. The van der Waals surface area contributed by atoms with Crippen LogP contribution in [0.3, 0.4) is 0 Å². The summed E-state index contributed by atoms with van der Waals surface area (Å²) in [5.41, 5.74) is 0.857. The average molecular weight is 1660 g/mol. The van der Waals surface area contributed by atoms with Crippen LogP contribution in [0.15, 0.2) is 146 Å². The van der Waals surface area contributed by atoms with Gasteiger partial charge in [0.25, 0.3) is 0 Å². The van der Waals surface area contributed by atoms with E-state index in [1.165, 1.54) is 19.2 Å². The lowest BCUT2D eigenvalue weighted by atomic mass is 9.85. The molecule has 8 aromatic rings. The van der Waals surface area contributed by atoms with Gasteiger partial charge in [-0.15, -0.1) is 10.2 Å². The van der Waals surface area contributed by atoms with Crippen LogP contribution in [0, 0.1) is 10.8 Å². The Hall–Kier alpha value is -12.3. The molecule has 644 valence electrons. The molecule has 0 aliphatic carbocycles. The van der Waals surface area contributed by atoms with Crippen molar-refractivity contribution in [3.8, 4) is 11.5 Å². The van der Waals surface area contributed by atoms with E-state index >= 15 is 28.8 Å². The standard InChI is InChI=1S/C87H109N17O17/c1-49(88-9)76(109)95-74(86(3,4)5)83(116)101-35-32-69-72(101)81(114)92-66(41-53-19-25-55-15-11-13-17-57(55)37-53)79(112)91-65(78(111)90-34-31-61(105)43-62(106)44-71(107)108)39-51-21-27-63(28-22-51)120-47-59-45-104(100-97-59)70-33-36-102(84(117)75(87(6,7)8)96-77(110)50(2)89-10)73(70)82(115)93-67(42-54-20-26-56-16-12-14-18-58(56)38-54)80(113)94-68(85(118)119)40-52-23-29-64(30-24-52)121-48-60-46-103(69)99-98-60/h11-30,37-38,45-46,49-50,61-62,65-70,72-75,88-89,105-106H,31-36,39-44,47-48H2,1-10H3,(H,90,111)(H,91,112)(H,92,114)(H,93,115)(H,94,113)(H,95,109)(H,96,110)(H,107,108)(H,118,119). The molecule has 6 aliphatic heterocycles. The van der Waals surface area contributed by atoms with E-state index in [2.05, 4.69) is 68.5 Å². The number of benzene rings is 6. The number of nitrogens with one attached hydrogen (secondary N) is 9. The number of carbonyl (C=O) groups is 11. The molecular weight excluding hydrogens is 1560 g/mol. The highest BCUT2D eigenvalue weighted by Crippen LogP contribution is 2.36. The minimum absolute atomic E-state index is 0.0285. The van der Waals surface area contributed by atoms with E-state index in [1.807, 2.05) is 72.8 Å². The number of carboxylic acids is 2. The molecule has 9 amide bonds. The van der Waals surface area contributed by atoms with Crippen LogP contribution in [0.4, 0.5) is 0 Å². The second-order valence-electron chi connectivity index (χ2n) is 33.5. The highest BCUT2D eigenvalue weighted by atomic mass is 16.5. The number of amides is 9. The fourth-order valence-electron chi connectivity index (χ4n) is 15.3. The summed E-state index contributed by atoms with van der Waals surface area (Å²) in [6, 6.07) is 24.6. The number of ether oxygens (including phenoxy) is 2. The molecule has 0 spiro atoms. The zero-order valence-electron chi connectivity index (χ0n) is 69.5. The van der Waals surface area contributed by atoms with Crippen molar-refractivity contribution in [3.05, 3.63) is 179 Å². The quantitative estimate of drug-likeness (QED) is 0.0491.